The summed E-state index contributed by atoms with van der Waals surface area (Å²) in [6, 6.07) is 4.91. The van der Waals surface area contributed by atoms with E-state index in [1.54, 1.807) is 16.8 Å². The highest BCUT2D eigenvalue weighted by Gasteiger charge is 2.40. The second kappa shape index (κ2) is 6.71. The molecule has 7 heteroatoms. The second-order valence-electron chi connectivity index (χ2n) is 6.75. The van der Waals surface area contributed by atoms with E-state index in [1.165, 1.54) is 12.4 Å². The van der Waals surface area contributed by atoms with Gasteiger partial charge in [0.25, 0.3) is 0 Å². The highest BCUT2D eigenvalue weighted by molar-refractivity contribution is 7.71. The zero-order valence-electron chi connectivity index (χ0n) is 13.4. The Bertz CT molecular complexity index is 737. The van der Waals surface area contributed by atoms with Gasteiger partial charge < -0.3 is 5.11 Å². The molecule has 0 fully saturated rings. The molecule has 2 rings (SSSR count). The number of aromatic amines is 1. The summed E-state index contributed by atoms with van der Waals surface area (Å²) in [5.41, 5.74) is -1.03. The molecule has 1 unspecified atom stereocenters. The van der Waals surface area contributed by atoms with Crippen molar-refractivity contribution >= 4 is 23.8 Å². The molecule has 23 heavy (non-hydrogen) atoms. The van der Waals surface area contributed by atoms with Crippen LogP contribution in [0, 0.1) is 16.0 Å². The number of aliphatic hydroxyl groups is 1. The first-order chi connectivity index (χ1) is 10.6. The molecule has 1 atom stereocenters. The van der Waals surface area contributed by atoms with Gasteiger partial charge in [-0.25, -0.2) is 9.37 Å². The minimum Gasteiger partial charge on any atom is -0.387 e. The summed E-state index contributed by atoms with van der Waals surface area (Å²) >= 11 is 10.9. The van der Waals surface area contributed by atoms with Crippen molar-refractivity contribution in [2.24, 2.45) is 5.41 Å². The fraction of sp³-hybridized carbons (Fsp3) is 0.500. The van der Waals surface area contributed by atoms with Crippen molar-refractivity contribution in [1.82, 2.24) is 14.8 Å². The molecule has 0 amide bonds. The number of nitrogens with zero attached hydrogens (tertiary/aromatic N) is 2. The maximum absolute atomic E-state index is 14.1. The Kier molecular flexibility index (Phi) is 5.28. The summed E-state index contributed by atoms with van der Waals surface area (Å²) in [5, 5.41) is 14.2. The highest BCUT2D eigenvalue weighted by Crippen LogP contribution is 2.36. The molecule has 0 aliphatic rings. The van der Waals surface area contributed by atoms with Crippen LogP contribution >= 0.6 is 23.8 Å². The van der Waals surface area contributed by atoms with Crippen LogP contribution < -0.4 is 0 Å². The third kappa shape index (κ3) is 4.00. The van der Waals surface area contributed by atoms with Gasteiger partial charge in [-0.3, -0.25) is 9.78 Å². The maximum Gasteiger partial charge on any atom is 0.215 e. The molecule has 4 nitrogen and oxygen atoms in total. The number of hydrogen-bond donors (Lipinski definition) is 2. The van der Waals surface area contributed by atoms with Gasteiger partial charge in [0.1, 0.15) is 12.1 Å². The van der Waals surface area contributed by atoms with Crippen LogP contribution in [-0.4, -0.2) is 25.5 Å². The lowest BCUT2D eigenvalue weighted by Gasteiger charge is -2.40. The maximum atomic E-state index is 14.1. The summed E-state index contributed by atoms with van der Waals surface area (Å²) in [6.07, 6.45) is 2.23. The van der Waals surface area contributed by atoms with Gasteiger partial charge in [0.15, 0.2) is 0 Å². The first-order valence-electron chi connectivity index (χ1n) is 7.39. The van der Waals surface area contributed by atoms with E-state index in [9.17, 15) is 9.50 Å². The van der Waals surface area contributed by atoms with Crippen molar-refractivity contribution in [3.63, 3.8) is 0 Å². The minimum absolute atomic E-state index is 0.0950. The summed E-state index contributed by atoms with van der Waals surface area (Å²) in [4.78, 5) is 3.96. The van der Waals surface area contributed by atoms with Crippen molar-refractivity contribution in [3.05, 3.63) is 45.7 Å². The molecule has 0 radical (unpaired) electrons. The molecule has 0 aliphatic carbocycles. The van der Waals surface area contributed by atoms with Crippen LogP contribution in [0.5, 0.6) is 0 Å². The molecule has 0 bridgehead atoms. The molecule has 1 aromatic heterocycles. The SMILES string of the molecule is CC(C)(C)C(O)(CCc1cccc(Cl)c1F)Cn1[nH]cnc1=S. The van der Waals surface area contributed by atoms with Crippen molar-refractivity contribution in [2.45, 2.75) is 45.8 Å². The number of aryl methyl sites for hydroxylation is 1. The molecule has 2 aromatic rings. The number of nitrogens with one attached hydrogen (secondary N) is 1. The zero-order chi connectivity index (χ0) is 17.3. The number of halogens is 2. The van der Waals surface area contributed by atoms with Gasteiger partial charge in [-0.15, -0.1) is 0 Å². The topological polar surface area (TPSA) is 53.8 Å². The first kappa shape index (κ1) is 18.1. The molecule has 0 aliphatic heterocycles. The molecule has 0 saturated carbocycles. The van der Waals surface area contributed by atoms with Gasteiger partial charge in [-0.1, -0.05) is 44.5 Å². The third-order valence-electron chi connectivity index (χ3n) is 4.27. The number of aromatic nitrogens is 3. The van der Waals surface area contributed by atoms with E-state index >= 15 is 0 Å². The van der Waals surface area contributed by atoms with Gasteiger partial charge >= 0.3 is 0 Å². The molecular weight excluding hydrogens is 337 g/mol. The second-order valence-corrected chi connectivity index (χ2v) is 7.52. The van der Waals surface area contributed by atoms with Crippen LogP contribution in [-0.2, 0) is 13.0 Å². The fourth-order valence-corrected chi connectivity index (χ4v) is 2.79. The van der Waals surface area contributed by atoms with Crippen LogP contribution in [0.1, 0.15) is 32.8 Å². The predicted octanol–water partition coefficient (Wildman–Crippen LogP) is 4.14. The van der Waals surface area contributed by atoms with Crippen LogP contribution in [0.4, 0.5) is 4.39 Å². The third-order valence-corrected chi connectivity index (χ3v) is 4.89. The summed E-state index contributed by atoms with van der Waals surface area (Å²) in [6.45, 7) is 6.10. The molecule has 0 saturated heterocycles. The van der Waals surface area contributed by atoms with Crippen LogP contribution in [0.3, 0.4) is 0 Å². The van der Waals surface area contributed by atoms with Gasteiger partial charge in [-0.05, 0) is 42.1 Å². The van der Waals surface area contributed by atoms with E-state index in [0.717, 1.165) is 0 Å². The molecule has 0 spiro atoms. The fourth-order valence-electron chi connectivity index (χ4n) is 2.43. The predicted molar refractivity (Wildman–Crippen MR) is 91.5 cm³/mol. The van der Waals surface area contributed by atoms with E-state index in [2.05, 4.69) is 10.1 Å². The van der Waals surface area contributed by atoms with E-state index in [-0.39, 0.29) is 11.6 Å². The van der Waals surface area contributed by atoms with Gasteiger partial charge in [0, 0.05) is 0 Å². The number of rotatable bonds is 5. The quantitative estimate of drug-likeness (QED) is 0.790. The molecule has 1 aromatic carbocycles. The van der Waals surface area contributed by atoms with Crippen LogP contribution in [0.2, 0.25) is 5.02 Å². The average Bonchev–Trinajstić information content (AvgIpc) is 2.84. The summed E-state index contributed by atoms with van der Waals surface area (Å²) in [7, 11) is 0. The average molecular weight is 358 g/mol. The monoisotopic (exact) mass is 357 g/mol. The lowest BCUT2D eigenvalue weighted by atomic mass is 9.73. The van der Waals surface area contributed by atoms with Gasteiger partial charge in [0.05, 0.1) is 17.2 Å². The smallest absolute Gasteiger partial charge is 0.215 e. The molecule has 126 valence electrons. The largest absolute Gasteiger partial charge is 0.387 e. The van der Waals surface area contributed by atoms with Crippen molar-refractivity contribution in [3.8, 4) is 0 Å². The number of hydrogen-bond acceptors (Lipinski definition) is 3. The zero-order valence-corrected chi connectivity index (χ0v) is 15.0. The molecule has 2 N–H and O–H groups in total. The van der Waals surface area contributed by atoms with E-state index < -0.39 is 16.8 Å². The van der Waals surface area contributed by atoms with Gasteiger partial charge in [-0.2, -0.15) is 0 Å². The van der Waals surface area contributed by atoms with E-state index in [1.807, 2.05) is 20.8 Å². The standard InChI is InChI=1S/C16H21ClFN3OS/c1-15(2,3)16(22,9-21-14(23)19-10-20-21)8-7-11-5-4-6-12(17)13(11)18/h4-6,10,22H,7-9H2,1-3H3,(H,19,20,23). The minimum atomic E-state index is -1.09. The van der Waals surface area contributed by atoms with Crippen molar-refractivity contribution < 1.29 is 9.50 Å². The Hall–Kier alpha value is -1.24. The normalized spacial score (nSPS) is 14.7. The van der Waals surface area contributed by atoms with Crippen LogP contribution in [0.15, 0.2) is 24.5 Å². The summed E-state index contributed by atoms with van der Waals surface area (Å²) < 4.78 is 16.1. The van der Waals surface area contributed by atoms with Crippen LogP contribution in [0.25, 0.3) is 0 Å². The Morgan fingerprint density at radius 1 is 1.39 bits per heavy atom. The molecular formula is C16H21ClFN3OS. The number of H-pyrrole nitrogens is 1. The Morgan fingerprint density at radius 2 is 2.09 bits per heavy atom. The lowest BCUT2D eigenvalue weighted by Crippen LogP contribution is -2.47. The number of benzene rings is 1. The summed E-state index contributed by atoms with van der Waals surface area (Å²) in [5.74, 6) is -0.427. The first-order valence-corrected chi connectivity index (χ1v) is 8.18. The Morgan fingerprint density at radius 3 is 2.65 bits per heavy atom. The lowest BCUT2D eigenvalue weighted by molar-refractivity contribution is -0.0799. The van der Waals surface area contributed by atoms with Gasteiger partial charge in [0.2, 0.25) is 4.77 Å². The van der Waals surface area contributed by atoms with Crippen molar-refractivity contribution in [1.29, 1.82) is 0 Å². The van der Waals surface area contributed by atoms with E-state index in [0.29, 0.717) is 23.2 Å². The Labute approximate surface area is 145 Å². The van der Waals surface area contributed by atoms with Crippen molar-refractivity contribution in [2.75, 3.05) is 0 Å². The Balaban J connectivity index is 2.24. The van der Waals surface area contributed by atoms with E-state index in [4.69, 9.17) is 23.8 Å². The highest BCUT2D eigenvalue weighted by atomic mass is 35.5. The molecule has 1 heterocycles.